The molecule has 72 heavy (non-hydrogen) atoms. The number of fused-ring (bicyclic) bond motifs is 2. The quantitative estimate of drug-likeness (QED) is 0.0384. The highest BCUT2D eigenvalue weighted by Crippen LogP contribution is 2.42. The fraction of sp³-hybridized carbons (Fsp3) is 0.273. The van der Waals surface area contributed by atoms with Gasteiger partial charge in [0.2, 0.25) is 0 Å². The van der Waals surface area contributed by atoms with Crippen molar-refractivity contribution in [1.82, 2.24) is 9.80 Å². The second kappa shape index (κ2) is 23.9. The molecule has 2 aliphatic heterocycles. The van der Waals surface area contributed by atoms with Crippen molar-refractivity contribution in [1.29, 1.82) is 0 Å². The van der Waals surface area contributed by atoms with Crippen LogP contribution in [0.5, 0.6) is 34.5 Å². The van der Waals surface area contributed by atoms with E-state index in [2.05, 4.69) is 0 Å². The minimum absolute atomic E-state index is 0.0401. The number of imide groups is 2. The topological polar surface area (TPSA) is 194 Å². The van der Waals surface area contributed by atoms with Gasteiger partial charge in [-0.15, -0.1) is 0 Å². The van der Waals surface area contributed by atoms with Crippen LogP contribution in [-0.4, -0.2) is 94.9 Å². The number of benzene rings is 6. The van der Waals surface area contributed by atoms with Gasteiger partial charge in [0.25, 0.3) is 23.6 Å². The van der Waals surface area contributed by atoms with E-state index in [4.69, 9.17) is 32.6 Å². The van der Waals surface area contributed by atoms with Crippen LogP contribution in [0.1, 0.15) is 101 Å². The number of hydrogen-bond donors (Lipinski definition) is 1. The highest BCUT2D eigenvalue weighted by molar-refractivity contribution is 7.86. The van der Waals surface area contributed by atoms with Gasteiger partial charge in [-0.2, -0.15) is 8.42 Å². The summed E-state index contributed by atoms with van der Waals surface area (Å²) in [5.74, 6) is -0.465. The van der Waals surface area contributed by atoms with Crippen molar-refractivity contribution in [2.75, 3.05) is 47.9 Å². The molecule has 2 heterocycles. The van der Waals surface area contributed by atoms with Crippen molar-refractivity contribution in [2.24, 2.45) is 0 Å². The van der Waals surface area contributed by atoms with Crippen molar-refractivity contribution in [3.63, 3.8) is 0 Å². The molecular formula is C55H56N2O14S. The maximum atomic E-state index is 13.6. The lowest BCUT2D eigenvalue weighted by molar-refractivity contribution is 0.0538. The Morgan fingerprint density at radius 3 is 1.35 bits per heavy atom. The minimum atomic E-state index is -3.92. The highest BCUT2D eigenvalue weighted by Gasteiger charge is 2.44. The first-order valence-electron chi connectivity index (χ1n) is 23.1. The maximum absolute atomic E-state index is 13.6. The molecule has 1 N–H and O–H groups in total. The lowest BCUT2D eigenvalue weighted by Crippen LogP contribution is -2.34. The maximum Gasteiger partial charge on any atom is 0.306 e. The van der Waals surface area contributed by atoms with Crippen LogP contribution in [0, 0.1) is 0 Å². The predicted octanol–water partition coefficient (Wildman–Crippen LogP) is 9.12. The Bertz CT molecular complexity index is 3000. The summed E-state index contributed by atoms with van der Waals surface area (Å²) in [6.45, 7) is 1.81. The fourth-order valence-electron chi connectivity index (χ4n) is 8.65. The Labute approximate surface area is 418 Å². The molecule has 0 bridgehead atoms. The van der Waals surface area contributed by atoms with Gasteiger partial charge in [-0.25, -0.2) is 0 Å². The number of phenols is 1. The van der Waals surface area contributed by atoms with Gasteiger partial charge in [-0.1, -0.05) is 84.9 Å². The molecule has 17 heteroatoms. The molecule has 0 aliphatic carbocycles. The van der Waals surface area contributed by atoms with Gasteiger partial charge in [-0.05, 0) is 96.5 Å². The first-order chi connectivity index (χ1) is 34.8. The Hall–Kier alpha value is -7.73. The van der Waals surface area contributed by atoms with Crippen molar-refractivity contribution >= 4 is 33.7 Å². The van der Waals surface area contributed by atoms with Crippen molar-refractivity contribution in [3.8, 4) is 34.5 Å². The van der Waals surface area contributed by atoms with Gasteiger partial charge < -0.3 is 37.7 Å². The standard InChI is InChI=1S/C28H29NO8S.C27H27NO6/c1-34-23-15-14-20(17-25(23)35-2)22(12-8-16-36-18-19-9-5-4-6-10-19)29-27(30)21-11-7-13-24(26(21)28(29)31)37-38(3,32)33;1-32-23-14-13-19(16-24(23)33-2)21(11-7-15-34-17-18-8-4-3-5-9-18)28-26(30)20-10-6-12-22(29)25(20)27(28)31/h4-7,9-11,13-15,17,22H,8,12,16,18H2,1-3H3;3-6,8-10,12-14,16,21,29H,7,11,15,17H2,1-2H3/t22-;21-/m11/s1. The van der Waals surface area contributed by atoms with Crippen LogP contribution in [0.3, 0.4) is 0 Å². The average molecular weight is 1000 g/mol. The van der Waals surface area contributed by atoms with E-state index in [1.807, 2.05) is 66.7 Å². The zero-order valence-electron chi connectivity index (χ0n) is 40.6. The van der Waals surface area contributed by atoms with Crippen LogP contribution < -0.4 is 23.1 Å². The summed E-state index contributed by atoms with van der Waals surface area (Å²) in [7, 11) is 2.19. The molecule has 376 valence electrons. The lowest BCUT2D eigenvalue weighted by Gasteiger charge is -2.27. The fourth-order valence-corrected chi connectivity index (χ4v) is 9.12. The van der Waals surface area contributed by atoms with E-state index in [0.717, 1.165) is 27.8 Å². The second-order valence-electron chi connectivity index (χ2n) is 16.7. The Morgan fingerprint density at radius 1 is 0.486 bits per heavy atom. The summed E-state index contributed by atoms with van der Waals surface area (Å²) in [6, 6.07) is 37.8. The minimum Gasteiger partial charge on any atom is -0.507 e. The summed E-state index contributed by atoms with van der Waals surface area (Å²) in [5, 5.41) is 10.2. The van der Waals surface area contributed by atoms with E-state index in [1.54, 1.807) is 49.6 Å². The summed E-state index contributed by atoms with van der Waals surface area (Å²) in [6.07, 6.45) is 2.93. The van der Waals surface area contributed by atoms with Crippen LogP contribution in [0.15, 0.2) is 133 Å². The number of hydrogen-bond acceptors (Lipinski definition) is 14. The summed E-state index contributed by atoms with van der Waals surface area (Å²) in [5.41, 5.74) is 3.77. The Balaban J connectivity index is 0.000000213. The van der Waals surface area contributed by atoms with Gasteiger partial charge in [0.05, 0.1) is 82.2 Å². The van der Waals surface area contributed by atoms with Crippen LogP contribution in [0.25, 0.3) is 0 Å². The lowest BCUT2D eigenvalue weighted by atomic mass is 9.99. The van der Waals surface area contributed by atoms with Gasteiger partial charge >= 0.3 is 10.1 Å². The van der Waals surface area contributed by atoms with E-state index in [9.17, 15) is 32.7 Å². The zero-order valence-corrected chi connectivity index (χ0v) is 41.4. The summed E-state index contributed by atoms with van der Waals surface area (Å²) in [4.78, 5) is 56.0. The van der Waals surface area contributed by atoms with E-state index < -0.39 is 45.8 Å². The van der Waals surface area contributed by atoms with Crippen LogP contribution in [-0.2, 0) is 32.8 Å². The Kier molecular flexibility index (Phi) is 17.3. The molecule has 2 aliphatic rings. The molecule has 0 unspecified atom stereocenters. The third kappa shape index (κ3) is 12.1. The van der Waals surface area contributed by atoms with Crippen molar-refractivity contribution in [2.45, 2.75) is 51.0 Å². The smallest absolute Gasteiger partial charge is 0.306 e. The molecule has 16 nitrogen and oxygen atoms in total. The molecule has 0 spiro atoms. The molecule has 2 atom stereocenters. The molecule has 0 aromatic heterocycles. The predicted molar refractivity (Wildman–Crippen MR) is 266 cm³/mol. The third-order valence-electron chi connectivity index (χ3n) is 12.0. The van der Waals surface area contributed by atoms with Crippen LogP contribution in [0.4, 0.5) is 0 Å². The first kappa shape index (κ1) is 52.1. The molecule has 8 rings (SSSR count). The molecule has 6 aromatic rings. The van der Waals surface area contributed by atoms with Gasteiger partial charge in [0.15, 0.2) is 28.7 Å². The number of phenolic OH excluding ortho intramolecular Hbond substituents is 1. The number of ether oxygens (including phenoxy) is 6. The van der Waals surface area contributed by atoms with Crippen LogP contribution >= 0.6 is 0 Å². The van der Waals surface area contributed by atoms with Gasteiger partial charge in [0.1, 0.15) is 5.75 Å². The average Bonchev–Trinajstić information content (AvgIpc) is 3.80. The first-order valence-corrected chi connectivity index (χ1v) is 24.9. The zero-order chi connectivity index (χ0) is 51.4. The van der Waals surface area contributed by atoms with E-state index in [0.29, 0.717) is 80.7 Å². The molecule has 0 saturated heterocycles. The van der Waals surface area contributed by atoms with E-state index >= 15 is 0 Å². The number of carbonyl (C=O) groups excluding carboxylic acids is 4. The number of methoxy groups -OCH3 is 4. The SMILES string of the molecule is COc1ccc([C@@H](CCCOCc2ccccc2)N2C(=O)c3cccc(O)c3C2=O)cc1OC.COc1ccc([C@@H](CCCOCc2ccccc2)N2C(=O)c3cccc(OS(C)(=O)=O)c3C2=O)cc1OC. The molecule has 0 fully saturated rings. The summed E-state index contributed by atoms with van der Waals surface area (Å²) < 4.78 is 61.8. The molecule has 6 aromatic carbocycles. The van der Waals surface area contributed by atoms with E-state index in [-0.39, 0.29) is 33.8 Å². The molecular weight excluding hydrogens is 945 g/mol. The number of amides is 4. The largest absolute Gasteiger partial charge is 0.507 e. The van der Waals surface area contributed by atoms with E-state index in [1.165, 1.54) is 50.5 Å². The normalized spacial score (nSPS) is 13.7. The van der Waals surface area contributed by atoms with Gasteiger partial charge in [-0.3, -0.25) is 29.0 Å². The molecule has 4 amide bonds. The van der Waals surface area contributed by atoms with Crippen molar-refractivity contribution < 1.29 is 65.3 Å². The highest BCUT2D eigenvalue weighted by atomic mass is 32.2. The Morgan fingerprint density at radius 2 is 0.917 bits per heavy atom. The second-order valence-corrected chi connectivity index (χ2v) is 18.3. The number of aromatic hydroxyl groups is 1. The molecule has 0 radical (unpaired) electrons. The van der Waals surface area contributed by atoms with Gasteiger partial charge in [0, 0.05) is 13.2 Å². The van der Waals surface area contributed by atoms with Crippen LogP contribution in [0.2, 0.25) is 0 Å². The molecule has 0 saturated carbocycles. The number of nitrogens with zero attached hydrogens (tertiary/aromatic N) is 2. The van der Waals surface area contributed by atoms with Crippen molar-refractivity contribution in [3.05, 3.63) is 178 Å². The number of carbonyl (C=O) groups is 4. The number of rotatable bonds is 22. The summed E-state index contributed by atoms with van der Waals surface area (Å²) >= 11 is 0. The monoisotopic (exact) mass is 1000 g/mol. The third-order valence-corrected chi connectivity index (χ3v) is 12.5.